The van der Waals surface area contributed by atoms with E-state index >= 15 is 0 Å². The standard InChI is InChI=1S/C20H22O2/c1-15-6-5-7-16(12-15)13-19(17-8-3-2-4-9-17)20(21)18-10-11-22-14-18/h2-9,12,18-19H,10-11,13-14H2,1H3. The minimum atomic E-state index is -0.0744. The molecule has 114 valence electrons. The fourth-order valence-corrected chi connectivity index (χ4v) is 3.19. The molecule has 2 aromatic rings. The molecule has 1 fully saturated rings. The molecule has 0 aromatic heterocycles. The van der Waals surface area contributed by atoms with E-state index in [0.29, 0.717) is 19.0 Å². The average Bonchev–Trinajstić information content (AvgIpc) is 3.07. The Kier molecular flexibility index (Phi) is 4.69. The topological polar surface area (TPSA) is 26.3 Å². The Labute approximate surface area is 132 Å². The van der Waals surface area contributed by atoms with E-state index in [0.717, 1.165) is 18.4 Å². The predicted octanol–water partition coefficient (Wildman–Crippen LogP) is 3.93. The maximum atomic E-state index is 13.0. The number of carbonyl (C=O) groups is 1. The summed E-state index contributed by atoms with van der Waals surface area (Å²) in [5, 5.41) is 0. The van der Waals surface area contributed by atoms with E-state index in [1.54, 1.807) is 0 Å². The lowest BCUT2D eigenvalue weighted by Gasteiger charge is -2.20. The summed E-state index contributed by atoms with van der Waals surface area (Å²) in [4.78, 5) is 13.0. The number of aryl methyl sites for hydroxylation is 1. The number of benzene rings is 2. The number of hydrogen-bond donors (Lipinski definition) is 0. The first-order chi connectivity index (χ1) is 10.7. The van der Waals surface area contributed by atoms with E-state index in [-0.39, 0.29) is 11.8 Å². The summed E-state index contributed by atoms with van der Waals surface area (Å²) < 4.78 is 5.41. The number of Topliss-reactive ketones (excluding diaryl/α,β-unsaturated/α-hetero) is 1. The quantitative estimate of drug-likeness (QED) is 0.835. The lowest BCUT2D eigenvalue weighted by Crippen LogP contribution is -2.24. The van der Waals surface area contributed by atoms with Gasteiger partial charge in [-0.3, -0.25) is 4.79 Å². The van der Waals surface area contributed by atoms with Gasteiger partial charge in [-0.2, -0.15) is 0 Å². The van der Waals surface area contributed by atoms with Gasteiger partial charge in [0, 0.05) is 18.4 Å². The molecule has 0 bridgehead atoms. The van der Waals surface area contributed by atoms with Crippen LogP contribution >= 0.6 is 0 Å². The van der Waals surface area contributed by atoms with Crippen LogP contribution in [0.25, 0.3) is 0 Å². The number of hydrogen-bond acceptors (Lipinski definition) is 2. The van der Waals surface area contributed by atoms with Crippen LogP contribution in [-0.4, -0.2) is 19.0 Å². The van der Waals surface area contributed by atoms with Crippen LogP contribution in [0.4, 0.5) is 0 Å². The van der Waals surface area contributed by atoms with E-state index < -0.39 is 0 Å². The summed E-state index contributed by atoms with van der Waals surface area (Å²) in [5.74, 6) is 0.301. The van der Waals surface area contributed by atoms with Crippen LogP contribution in [-0.2, 0) is 16.0 Å². The van der Waals surface area contributed by atoms with E-state index in [1.165, 1.54) is 11.1 Å². The highest BCUT2D eigenvalue weighted by molar-refractivity contribution is 5.88. The molecule has 1 heterocycles. The van der Waals surface area contributed by atoms with Crippen molar-refractivity contribution >= 4 is 5.78 Å². The summed E-state index contributed by atoms with van der Waals surface area (Å²) in [6, 6.07) is 18.6. The van der Waals surface area contributed by atoms with Crippen LogP contribution in [0.3, 0.4) is 0 Å². The van der Waals surface area contributed by atoms with Gasteiger partial charge in [-0.15, -0.1) is 0 Å². The van der Waals surface area contributed by atoms with Gasteiger partial charge in [0.25, 0.3) is 0 Å². The summed E-state index contributed by atoms with van der Waals surface area (Å²) in [5.41, 5.74) is 3.57. The fraction of sp³-hybridized carbons (Fsp3) is 0.350. The van der Waals surface area contributed by atoms with Gasteiger partial charge in [-0.05, 0) is 30.9 Å². The van der Waals surface area contributed by atoms with Gasteiger partial charge in [-0.25, -0.2) is 0 Å². The highest BCUT2D eigenvalue weighted by Crippen LogP contribution is 2.28. The number of rotatable bonds is 5. The van der Waals surface area contributed by atoms with Crippen LogP contribution in [0, 0.1) is 12.8 Å². The molecule has 0 radical (unpaired) electrons. The molecule has 0 aliphatic carbocycles. The Balaban J connectivity index is 1.87. The molecule has 0 saturated carbocycles. The predicted molar refractivity (Wildman–Crippen MR) is 88.0 cm³/mol. The van der Waals surface area contributed by atoms with Gasteiger partial charge in [0.05, 0.1) is 6.61 Å². The summed E-state index contributed by atoms with van der Waals surface area (Å²) >= 11 is 0. The van der Waals surface area contributed by atoms with Gasteiger partial charge >= 0.3 is 0 Å². The van der Waals surface area contributed by atoms with Crippen molar-refractivity contribution in [3.8, 4) is 0 Å². The molecule has 2 unspecified atom stereocenters. The van der Waals surface area contributed by atoms with Crippen molar-refractivity contribution in [2.45, 2.75) is 25.7 Å². The molecule has 2 atom stereocenters. The van der Waals surface area contributed by atoms with Gasteiger partial charge in [0.15, 0.2) is 0 Å². The molecule has 3 rings (SSSR count). The number of ether oxygens (including phenoxy) is 1. The van der Waals surface area contributed by atoms with Crippen molar-refractivity contribution < 1.29 is 9.53 Å². The molecule has 0 amide bonds. The fourth-order valence-electron chi connectivity index (χ4n) is 3.19. The molecule has 1 saturated heterocycles. The van der Waals surface area contributed by atoms with E-state index in [9.17, 15) is 4.79 Å². The molecule has 2 aromatic carbocycles. The molecule has 2 nitrogen and oxygen atoms in total. The van der Waals surface area contributed by atoms with Crippen molar-refractivity contribution in [2.75, 3.05) is 13.2 Å². The molecule has 1 aliphatic rings. The van der Waals surface area contributed by atoms with Crippen LogP contribution in [0.1, 0.15) is 29.0 Å². The lowest BCUT2D eigenvalue weighted by molar-refractivity contribution is -0.124. The third-order valence-electron chi connectivity index (χ3n) is 4.40. The maximum Gasteiger partial charge on any atom is 0.146 e. The van der Waals surface area contributed by atoms with Crippen LogP contribution in [0.5, 0.6) is 0 Å². The molecular weight excluding hydrogens is 272 g/mol. The second-order valence-corrected chi connectivity index (χ2v) is 6.12. The monoisotopic (exact) mass is 294 g/mol. The first-order valence-corrected chi connectivity index (χ1v) is 7.96. The Hall–Kier alpha value is -1.93. The molecule has 1 aliphatic heterocycles. The smallest absolute Gasteiger partial charge is 0.146 e. The molecule has 22 heavy (non-hydrogen) atoms. The Morgan fingerprint density at radius 3 is 2.68 bits per heavy atom. The molecule has 2 heteroatoms. The van der Waals surface area contributed by atoms with Crippen LogP contribution in [0.15, 0.2) is 54.6 Å². The highest BCUT2D eigenvalue weighted by Gasteiger charge is 2.30. The van der Waals surface area contributed by atoms with Gasteiger partial charge in [0.2, 0.25) is 0 Å². The maximum absolute atomic E-state index is 13.0. The SMILES string of the molecule is Cc1cccc(CC(C(=O)C2CCOC2)c2ccccc2)c1. The second-order valence-electron chi connectivity index (χ2n) is 6.12. The van der Waals surface area contributed by atoms with E-state index in [4.69, 9.17) is 4.74 Å². The first-order valence-electron chi connectivity index (χ1n) is 7.96. The lowest BCUT2D eigenvalue weighted by atomic mass is 9.82. The van der Waals surface area contributed by atoms with Crippen LogP contribution in [0.2, 0.25) is 0 Å². The summed E-state index contributed by atoms with van der Waals surface area (Å²) in [7, 11) is 0. The third-order valence-corrected chi connectivity index (χ3v) is 4.40. The normalized spacial score (nSPS) is 19.0. The van der Waals surface area contributed by atoms with Crippen molar-refractivity contribution in [1.29, 1.82) is 0 Å². The molecule has 0 spiro atoms. The summed E-state index contributed by atoms with van der Waals surface area (Å²) in [6.45, 7) is 3.38. The Morgan fingerprint density at radius 1 is 1.18 bits per heavy atom. The van der Waals surface area contributed by atoms with Crippen molar-refractivity contribution in [3.05, 3.63) is 71.3 Å². The van der Waals surface area contributed by atoms with Crippen LogP contribution < -0.4 is 0 Å². The minimum Gasteiger partial charge on any atom is -0.381 e. The zero-order valence-electron chi connectivity index (χ0n) is 13.0. The second kappa shape index (κ2) is 6.89. The number of carbonyl (C=O) groups excluding carboxylic acids is 1. The summed E-state index contributed by atoms with van der Waals surface area (Å²) in [6.07, 6.45) is 1.62. The zero-order valence-corrected chi connectivity index (χ0v) is 13.0. The third kappa shape index (κ3) is 3.45. The van der Waals surface area contributed by atoms with Gasteiger partial charge in [0.1, 0.15) is 5.78 Å². The largest absolute Gasteiger partial charge is 0.381 e. The first kappa shape index (κ1) is 15.0. The number of ketones is 1. The van der Waals surface area contributed by atoms with Gasteiger partial charge < -0.3 is 4.74 Å². The van der Waals surface area contributed by atoms with Crippen molar-refractivity contribution in [2.24, 2.45) is 5.92 Å². The molecular formula is C20H22O2. The Morgan fingerprint density at radius 2 is 2.00 bits per heavy atom. The van der Waals surface area contributed by atoms with E-state index in [2.05, 4.69) is 43.3 Å². The van der Waals surface area contributed by atoms with Gasteiger partial charge in [-0.1, -0.05) is 60.2 Å². The average molecular weight is 294 g/mol. The highest BCUT2D eigenvalue weighted by atomic mass is 16.5. The van der Waals surface area contributed by atoms with Crippen molar-refractivity contribution in [3.63, 3.8) is 0 Å². The Bertz CT molecular complexity index is 627. The minimum absolute atomic E-state index is 0.0509. The zero-order chi connectivity index (χ0) is 15.4. The van der Waals surface area contributed by atoms with E-state index in [1.807, 2.05) is 18.2 Å². The van der Waals surface area contributed by atoms with Crippen molar-refractivity contribution in [1.82, 2.24) is 0 Å². The molecule has 0 N–H and O–H groups in total.